The van der Waals surface area contributed by atoms with Gasteiger partial charge in [0.25, 0.3) is 0 Å². The fourth-order valence-electron chi connectivity index (χ4n) is 4.31. The zero-order valence-electron chi connectivity index (χ0n) is 18.3. The Kier molecular flexibility index (Phi) is 5.79. The first-order valence-corrected chi connectivity index (χ1v) is 11.4. The quantitative estimate of drug-likeness (QED) is 0.358. The highest BCUT2D eigenvalue weighted by atomic mass is 35.5. The fraction of sp³-hybridized carbons (Fsp3) is 0.154. The second-order valence-corrected chi connectivity index (χ2v) is 8.75. The Morgan fingerprint density at radius 1 is 1.00 bits per heavy atom. The van der Waals surface area contributed by atoms with Crippen molar-refractivity contribution in [2.75, 3.05) is 12.0 Å². The van der Waals surface area contributed by atoms with Crippen LogP contribution in [0.3, 0.4) is 0 Å². The van der Waals surface area contributed by atoms with Crippen LogP contribution < -0.4 is 15.0 Å². The van der Waals surface area contributed by atoms with E-state index in [-0.39, 0.29) is 12.1 Å². The van der Waals surface area contributed by atoms with Crippen molar-refractivity contribution in [1.29, 1.82) is 0 Å². The van der Waals surface area contributed by atoms with E-state index in [0.29, 0.717) is 15.9 Å². The minimum atomic E-state index is -0.145. The molecule has 1 aliphatic heterocycles. The molecule has 0 spiro atoms. The van der Waals surface area contributed by atoms with Crippen LogP contribution in [0.5, 0.6) is 5.75 Å². The number of aromatic nitrogens is 2. The summed E-state index contributed by atoms with van der Waals surface area (Å²) in [6.45, 7) is 2.09. The van der Waals surface area contributed by atoms with Gasteiger partial charge >= 0.3 is 0 Å². The number of nitrogens with zero attached hydrogens (tertiary/aromatic N) is 3. The van der Waals surface area contributed by atoms with Crippen LogP contribution in [-0.4, -0.2) is 21.8 Å². The minimum absolute atomic E-state index is 0.140. The third-order valence-corrected chi connectivity index (χ3v) is 6.52. The van der Waals surface area contributed by atoms with Crippen LogP contribution in [0.25, 0.3) is 5.69 Å². The van der Waals surface area contributed by atoms with E-state index in [9.17, 15) is 0 Å². The lowest BCUT2D eigenvalue weighted by atomic mass is 10.0. The molecule has 166 valence electrons. The fourth-order valence-corrected chi connectivity index (χ4v) is 4.91. The number of ether oxygens (including phenoxy) is 1. The summed E-state index contributed by atoms with van der Waals surface area (Å²) in [7, 11) is 1.61. The lowest BCUT2D eigenvalue weighted by molar-refractivity contribution is 0.415. The van der Waals surface area contributed by atoms with Crippen LogP contribution in [0.1, 0.15) is 29.0 Å². The van der Waals surface area contributed by atoms with Gasteiger partial charge in [-0.3, -0.25) is 4.98 Å². The zero-order valence-corrected chi connectivity index (χ0v) is 19.8. The first-order chi connectivity index (χ1) is 16.1. The topological polar surface area (TPSA) is 42.3 Å². The molecule has 2 aromatic heterocycles. The molecular weight excluding hydrogens is 452 g/mol. The van der Waals surface area contributed by atoms with Gasteiger partial charge in [0, 0.05) is 29.5 Å². The molecule has 1 aliphatic rings. The molecule has 0 radical (unpaired) electrons. The molecule has 7 heteroatoms. The number of rotatable bonds is 5. The summed E-state index contributed by atoms with van der Waals surface area (Å²) in [4.78, 5) is 6.75. The Morgan fingerprint density at radius 2 is 1.79 bits per heavy atom. The Morgan fingerprint density at radius 3 is 2.48 bits per heavy atom. The first-order valence-electron chi connectivity index (χ1n) is 10.7. The van der Waals surface area contributed by atoms with Crippen LogP contribution in [0, 0.1) is 6.92 Å². The van der Waals surface area contributed by atoms with Crippen molar-refractivity contribution in [1.82, 2.24) is 14.9 Å². The van der Waals surface area contributed by atoms with E-state index in [1.807, 2.05) is 42.6 Å². The first kappa shape index (κ1) is 21.5. The SMILES string of the molecule is COc1ccc(N2C(=S)N[C@@H](c3ccccn3)[C@@H]2c2cccn2-c2ccc(C)cc2)cc1Cl. The van der Waals surface area contributed by atoms with Gasteiger partial charge in [-0.1, -0.05) is 35.4 Å². The van der Waals surface area contributed by atoms with E-state index >= 15 is 0 Å². The van der Waals surface area contributed by atoms with E-state index in [2.05, 4.69) is 69.3 Å². The number of anilines is 1. The molecule has 0 aliphatic carbocycles. The van der Waals surface area contributed by atoms with E-state index in [1.54, 1.807) is 7.11 Å². The molecule has 2 atom stereocenters. The van der Waals surface area contributed by atoms with Crippen molar-refractivity contribution in [3.63, 3.8) is 0 Å². The maximum absolute atomic E-state index is 6.49. The predicted octanol–water partition coefficient (Wildman–Crippen LogP) is 6.02. The van der Waals surface area contributed by atoms with E-state index in [4.69, 9.17) is 28.6 Å². The van der Waals surface area contributed by atoms with E-state index < -0.39 is 0 Å². The molecule has 2 aromatic carbocycles. The summed E-state index contributed by atoms with van der Waals surface area (Å²) in [6, 6.07) is 24.1. The van der Waals surface area contributed by atoms with Crippen LogP contribution in [0.15, 0.2) is 85.2 Å². The lowest BCUT2D eigenvalue weighted by Gasteiger charge is -2.29. The number of benzene rings is 2. The van der Waals surface area contributed by atoms with E-state index in [1.165, 1.54) is 5.56 Å². The summed E-state index contributed by atoms with van der Waals surface area (Å²) < 4.78 is 7.55. The van der Waals surface area contributed by atoms with Gasteiger partial charge in [0.15, 0.2) is 5.11 Å². The Balaban J connectivity index is 1.66. The third kappa shape index (κ3) is 3.96. The number of nitrogens with one attached hydrogen (secondary N) is 1. The molecule has 3 heterocycles. The van der Waals surface area contributed by atoms with Crippen molar-refractivity contribution in [2.24, 2.45) is 0 Å². The van der Waals surface area contributed by atoms with Gasteiger partial charge in [-0.2, -0.15) is 0 Å². The molecule has 33 heavy (non-hydrogen) atoms. The normalized spacial score (nSPS) is 17.8. The number of thiocarbonyl (C=S) groups is 1. The average Bonchev–Trinajstić information content (AvgIpc) is 3.44. The van der Waals surface area contributed by atoms with Gasteiger partial charge in [0.2, 0.25) is 0 Å². The zero-order chi connectivity index (χ0) is 22.9. The molecule has 5 nitrogen and oxygen atoms in total. The summed E-state index contributed by atoms with van der Waals surface area (Å²) in [5.74, 6) is 0.624. The second kappa shape index (κ2) is 8.89. The Labute approximate surface area is 203 Å². The number of hydrogen-bond donors (Lipinski definition) is 1. The van der Waals surface area contributed by atoms with Gasteiger partial charge < -0.3 is 19.5 Å². The van der Waals surface area contributed by atoms with Crippen molar-refractivity contribution in [3.8, 4) is 11.4 Å². The maximum Gasteiger partial charge on any atom is 0.174 e. The van der Waals surface area contributed by atoms with Gasteiger partial charge in [-0.25, -0.2) is 0 Å². The largest absolute Gasteiger partial charge is 0.495 e. The van der Waals surface area contributed by atoms with Crippen LogP contribution in [0.4, 0.5) is 5.69 Å². The number of pyridine rings is 1. The van der Waals surface area contributed by atoms with Crippen LogP contribution >= 0.6 is 23.8 Å². The molecule has 1 N–H and O–H groups in total. The monoisotopic (exact) mass is 474 g/mol. The van der Waals surface area contributed by atoms with Gasteiger partial charge in [0.1, 0.15) is 11.8 Å². The molecule has 4 aromatic rings. The average molecular weight is 475 g/mol. The van der Waals surface area contributed by atoms with E-state index in [0.717, 1.165) is 22.8 Å². The van der Waals surface area contributed by atoms with Gasteiger partial charge in [0.05, 0.1) is 23.9 Å². The second-order valence-electron chi connectivity index (χ2n) is 7.95. The van der Waals surface area contributed by atoms with Crippen molar-refractivity contribution in [2.45, 2.75) is 19.0 Å². The predicted molar refractivity (Wildman–Crippen MR) is 136 cm³/mol. The smallest absolute Gasteiger partial charge is 0.174 e. The molecule has 5 rings (SSSR count). The highest BCUT2D eigenvalue weighted by Crippen LogP contribution is 2.43. The van der Waals surface area contributed by atoms with Gasteiger partial charge in [-0.15, -0.1) is 0 Å². The maximum atomic E-state index is 6.49. The molecule has 0 bridgehead atoms. The Bertz CT molecular complexity index is 1290. The van der Waals surface area contributed by atoms with Crippen LogP contribution in [-0.2, 0) is 0 Å². The number of methoxy groups -OCH3 is 1. The minimum Gasteiger partial charge on any atom is -0.495 e. The van der Waals surface area contributed by atoms with Crippen molar-refractivity contribution < 1.29 is 4.74 Å². The molecular formula is C26H23ClN4OS. The van der Waals surface area contributed by atoms with Crippen LogP contribution in [0.2, 0.25) is 5.02 Å². The molecule has 1 saturated heterocycles. The number of aryl methyl sites for hydroxylation is 1. The number of hydrogen-bond acceptors (Lipinski definition) is 3. The third-order valence-electron chi connectivity index (χ3n) is 5.91. The molecule has 1 fully saturated rings. The number of halogens is 1. The standard InChI is InChI=1S/C26H23ClN4OS/c1-17-8-10-18(11-9-17)30-15-5-7-22(30)25-24(21-6-3-4-14-28-21)29-26(33)31(25)19-12-13-23(32-2)20(27)16-19/h3-16,24-25H,1-2H3,(H,29,33)/t24-,25-/m0/s1. The summed E-state index contributed by atoms with van der Waals surface area (Å²) >= 11 is 12.3. The summed E-state index contributed by atoms with van der Waals surface area (Å²) in [5.41, 5.74) is 5.21. The highest BCUT2D eigenvalue weighted by molar-refractivity contribution is 7.80. The lowest BCUT2D eigenvalue weighted by Crippen LogP contribution is -2.30. The summed E-state index contributed by atoms with van der Waals surface area (Å²) in [6.07, 6.45) is 3.89. The summed E-state index contributed by atoms with van der Waals surface area (Å²) in [5, 5.41) is 4.65. The molecule has 0 saturated carbocycles. The Hall–Kier alpha value is -3.35. The van der Waals surface area contributed by atoms with Crippen molar-refractivity contribution in [3.05, 3.63) is 107 Å². The molecule has 0 amide bonds. The van der Waals surface area contributed by atoms with Crippen molar-refractivity contribution >= 4 is 34.6 Å². The highest BCUT2D eigenvalue weighted by Gasteiger charge is 2.42. The molecule has 0 unspecified atom stereocenters. The van der Waals surface area contributed by atoms with Gasteiger partial charge in [-0.05, 0) is 73.7 Å².